The maximum absolute atomic E-state index is 13.6. The molecule has 0 amide bonds. The Hall–Kier alpha value is -4.46. The van der Waals surface area contributed by atoms with E-state index in [0.29, 0.717) is 30.8 Å². The molecule has 0 N–H and O–H groups in total. The van der Waals surface area contributed by atoms with Gasteiger partial charge in [-0.25, -0.2) is 18.7 Å². The zero-order valence-electron chi connectivity index (χ0n) is 18.9. The summed E-state index contributed by atoms with van der Waals surface area (Å²) in [6.07, 6.45) is 2.04. The first-order valence-corrected chi connectivity index (χ1v) is 11.3. The lowest BCUT2D eigenvalue weighted by atomic mass is 10.1. The number of halogens is 1. The first kappa shape index (κ1) is 22.3. The van der Waals surface area contributed by atoms with Gasteiger partial charge in [0.1, 0.15) is 18.2 Å². The molecule has 0 aliphatic heterocycles. The van der Waals surface area contributed by atoms with Crippen LogP contribution in [0.3, 0.4) is 0 Å². The molecule has 0 spiro atoms. The Morgan fingerprint density at radius 2 is 1.51 bits per heavy atom. The Morgan fingerprint density at radius 3 is 2.23 bits per heavy atom. The zero-order valence-corrected chi connectivity index (χ0v) is 18.9. The lowest BCUT2D eigenvalue weighted by molar-refractivity contribution is 0.300. The number of aromatic nitrogens is 4. The summed E-state index contributed by atoms with van der Waals surface area (Å²) in [6.45, 7) is 0.875. The van der Waals surface area contributed by atoms with Gasteiger partial charge in [-0.1, -0.05) is 48.5 Å². The molecule has 0 atom stereocenters. The average molecular weight is 471 g/mol. The van der Waals surface area contributed by atoms with Crippen molar-refractivity contribution in [1.29, 1.82) is 0 Å². The molecule has 0 unspecified atom stereocenters. The van der Waals surface area contributed by atoms with E-state index < -0.39 is 17.1 Å². The van der Waals surface area contributed by atoms with E-state index in [9.17, 15) is 14.0 Å². The average Bonchev–Trinajstić information content (AvgIpc) is 3.30. The van der Waals surface area contributed by atoms with Crippen LogP contribution >= 0.6 is 0 Å². The lowest BCUT2D eigenvalue weighted by Crippen LogP contribution is -2.40. The molecule has 5 rings (SSSR count). The zero-order chi connectivity index (χ0) is 24.2. The Kier molecular flexibility index (Phi) is 6.26. The van der Waals surface area contributed by atoms with Gasteiger partial charge in [0.15, 0.2) is 11.2 Å². The standard InChI is InChI=1S/C27H23FN4O3/c28-21-11-13-22(14-12-21)32-25-24(30(19-29-25)17-18-35-23-9-5-2-6-10-23)26(33)31(27(32)34)16-15-20-7-3-1-4-8-20/h1-14,19H,15-18H2. The molecule has 0 aliphatic carbocycles. The van der Waals surface area contributed by atoms with Crippen molar-refractivity contribution in [1.82, 2.24) is 18.7 Å². The van der Waals surface area contributed by atoms with Gasteiger partial charge in [0.25, 0.3) is 5.56 Å². The highest BCUT2D eigenvalue weighted by Crippen LogP contribution is 2.15. The van der Waals surface area contributed by atoms with Crippen molar-refractivity contribution in [2.45, 2.75) is 19.5 Å². The molecule has 2 aromatic heterocycles. The maximum atomic E-state index is 13.6. The van der Waals surface area contributed by atoms with E-state index >= 15 is 0 Å². The molecule has 0 aliphatic rings. The number of ether oxygens (including phenoxy) is 1. The van der Waals surface area contributed by atoms with Crippen LogP contribution < -0.4 is 16.0 Å². The van der Waals surface area contributed by atoms with Gasteiger partial charge in [-0.05, 0) is 48.4 Å². The van der Waals surface area contributed by atoms with Crippen molar-refractivity contribution in [2.24, 2.45) is 0 Å². The van der Waals surface area contributed by atoms with Crippen LogP contribution in [0.1, 0.15) is 5.56 Å². The minimum atomic E-state index is -0.518. The molecule has 0 saturated carbocycles. The normalized spacial score (nSPS) is 11.1. The fourth-order valence-corrected chi connectivity index (χ4v) is 4.03. The molecule has 0 fully saturated rings. The van der Waals surface area contributed by atoms with Crippen LogP contribution in [0.25, 0.3) is 16.9 Å². The van der Waals surface area contributed by atoms with Crippen LogP contribution in [-0.4, -0.2) is 25.3 Å². The van der Waals surface area contributed by atoms with Crippen molar-refractivity contribution in [3.8, 4) is 11.4 Å². The number of hydrogen-bond acceptors (Lipinski definition) is 4. The highest BCUT2D eigenvalue weighted by Gasteiger charge is 2.19. The van der Waals surface area contributed by atoms with Crippen molar-refractivity contribution >= 4 is 11.2 Å². The highest BCUT2D eigenvalue weighted by molar-refractivity contribution is 5.72. The van der Waals surface area contributed by atoms with Gasteiger partial charge in [-0.3, -0.25) is 9.36 Å². The molecule has 3 aromatic carbocycles. The van der Waals surface area contributed by atoms with Crippen molar-refractivity contribution in [2.75, 3.05) is 6.61 Å². The lowest BCUT2D eigenvalue weighted by Gasteiger charge is -2.13. The molecule has 2 heterocycles. The fraction of sp³-hybridized carbons (Fsp3) is 0.148. The summed E-state index contributed by atoms with van der Waals surface area (Å²) >= 11 is 0. The van der Waals surface area contributed by atoms with Gasteiger partial charge < -0.3 is 9.30 Å². The summed E-state index contributed by atoms with van der Waals surface area (Å²) in [6, 6.07) is 24.6. The van der Waals surface area contributed by atoms with E-state index in [1.807, 2.05) is 60.7 Å². The van der Waals surface area contributed by atoms with Gasteiger partial charge in [0.2, 0.25) is 0 Å². The molecular weight excluding hydrogens is 447 g/mol. The number of nitrogens with zero attached hydrogens (tertiary/aromatic N) is 4. The Balaban J connectivity index is 1.56. The molecular formula is C27H23FN4O3. The topological polar surface area (TPSA) is 71.1 Å². The smallest absolute Gasteiger partial charge is 0.337 e. The predicted octanol–water partition coefficient (Wildman–Crippen LogP) is 3.81. The summed E-state index contributed by atoms with van der Waals surface area (Å²) in [5.41, 5.74) is 1.02. The van der Waals surface area contributed by atoms with Crippen molar-refractivity contribution < 1.29 is 9.13 Å². The van der Waals surface area contributed by atoms with E-state index in [4.69, 9.17) is 4.74 Å². The number of hydrogen-bond donors (Lipinski definition) is 0. The maximum Gasteiger partial charge on any atom is 0.337 e. The van der Waals surface area contributed by atoms with Crippen LogP contribution in [-0.2, 0) is 19.5 Å². The minimum Gasteiger partial charge on any atom is -0.492 e. The number of benzene rings is 3. The highest BCUT2D eigenvalue weighted by atomic mass is 19.1. The Morgan fingerprint density at radius 1 is 0.829 bits per heavy atom. The van der Waals surface area contributed by atoms with Gasteiger partial charge in [0.05, 0.1) is 18.6 Å². The minimum absolute atomic E-state index is 0.199. The third-order valence-corrected chi connectivity index (χ3v) is 5.80. The summed E-state index contributed by atoms with van der Waals surface area (Å²) in [4.78, 5) is 31.4. The number of para-hydroxylation sites is 1. The number of fused-ring (bicyclic) bond motifs is 1. The van der Waals surface area contributed by atoms with Crippen molar-refractivity contribution in [3.63, 3.8) is 0 Å². The molecule has 0 saturated heterocycles. The molecule has 7 nitrogen and oxygen atoms in total. The molecule has 0 bridgehead atoms. The Bertz CT molecular complexity index is 1560. The van der Waals surface area contributed by atoms with Gasteiger partial charge >= 0.3 is 5.69 Å². The molecule has 8 heteroatoms. The van der Waals surface area contributed by atoms with Crippen LogP contribution in [0.15, 0.2) is 101 Å². The van der Waals surface area contributed by atoms with E-state index in [1.165, 1.54) is 39.7 Å². The Labute approximate surface area is 200 Å². The number of aryl methyl sites for hydroxylation is 1. The second kappa shape index (κ2) is 9.80. The molecule has 176 valence electrons. The first-order chi connectivity index (χ1) is 17.1. The van der Waals surface area contributed by atoms with Gasteiger partial charge in [0, 0.05) is 6.54 Å². The predicted molar refractivity (Wildman–Crippen MR) is 132 cm³/mol. The first-order valence-electron chi connectivity index (χ1n) is 11.3. The monoisotopic (exact) mass is 470 g/mol. The van der Waals surface area contributed by atoms with E-state index in [-0.39, 0.29) is 12.2 Å². The van der Waals surface area contributed by atoms with E-state index in [1.54, 1.807) is 4.57 Å². The SMILES string of the molecule is O=c1c2c(ncn2CCOc2ccccc2)n(-c2ccc(F)cc2)c(=O)n1CCc1ccccc1. The van der Waals surface area contributed by atoms with Crippen LogP contribution in [0.5, 0.6) is 5.75 Å². The van der Waals surface area contributed by atoms with Gasteiger partial charge in [-0.2, -0.15) is 0 Å². The van der Waals surface area contributed by atoms with Crippen molar-refractivity contribution in [3.05, 3.63) is 123 Å². The third-order valence-electron chi connectivity index (χ3n) is 5.80. The van der Waals surface area contributed by atoms with E-state index in [2.05, 4.69) is 4.98 Å². The third kappa shape index (κ3) is 4.63. The van der Waals surface area contributed by atoms with Crippen LogP contribution in [0.2, 0.25) is 0 Å². The fourth-order valence-electron chi connectivity index (χ4n) is 4.03. The summed E-state index contributed by atoms with van der Waals surface area (Å²) in [5, 5.41) is 0. The van der Waals surface area contributed by atoms with Crippen LogP contribution in [0, 0.1) is 5.82 Å². The summed E-state index contributed by atoms with van der Waals surface area (Å²) in [7, 11) is 0. The molecule has 35 heavy (non-hydrogen) atoms. The molecule has 5 aromatic rings. The van der Waals surface area contributed by atoms with Gasteiger partial charge in [-0.15, -0.1) is 0 Å². The quantitative estimate of drug-likeness (QED) is 0.346. The second-order valence-electron chi connectivity index (χ2n) is 8.06. The number of rotatable bonds is 8. The molecule has 0 radical (unpaired) electrons. The summed E-state index contributed by atoms with van der Waals surface area (Å²) < 4.78 is 23.6. The number of imidazole rings is 1. The second-order valence-corrected chi connectivity index (χ2v) is 8.06. The van der Waals surface area contributed by atoms with Crippen LogP contribution in [0.4, 0.5) is 4.39 Å². The summed E-state index contributed by atoms with van der Waals surface area (Å²) in [5.74, 6) is 0.305. The largest absolute Gasteiger partial charge is 0.492 e. The van der Waals surface area contributed by atoms with E-state index in [0.717, 1.165) is 11.3 Å².